The molecule has 1 aromatic heterocycles. The number of anilines is 3. The first-order valence-electron chi connectivity index (χ1n) is 7.76. The molecule has 3 aromatic rings. The molecule has 4 nitrogen and oxygen atoms in total. The van der Waals surface area contributed by atoms with E-state index in [1.165, 1.54) is 11.1 Å². The largest absolute Gasteiger partial charge is 0.366 e. The summed E-state index contributed by atoms with van der Waals surface area (Å²) in [5.74, 6) is 2.31. The predicted molar refractivity (Wildman–Crippen MR) is 103 cm³/mol. The topological polar surface area (TPSA) is 49.8 Å². The Morgan fingerprint density at radius 2 is 1.67 bits per heavy atom. The molecule has 0 radical (unpaired) electrons. The molecule has 122 valence electrons. The quantitative estimate of drug-likeness (QED) is 0.635. The van der Waals surface area contributed by atoms with Crippen molar-refractivity contribution in [3.8, 4) is 0 Å². The molecule has 1 heterocycles. The van der Waals surface area contributed by atoms with Crippen molar-refractivity contribution in [2.45, 2.75) is 20.4 Å². The number of aromatic nitrogens is 2. The maximum absolute atomic E-state index is 4.46. The molecular formula is C19H19BrN4. The highest BCUT2D eigenvalue weighted by Crippen LogP contribution is 2.20. The van der Waals surface area contributed by atoms with Crippen LogP contribution in [-0.2, 0) is 6.54 Å². The summed E-state index contributed by atoms with van der Waals surface area (Å²) >= 11 is 3.44. The van der Waals surface area contributed by atoms with Crippen molar-refractivity contribution in [3.63, 3.8) is 0 Å². The van der Waals surface area contributed by atoms with Crippen LogP contribution in [0.4, 0.5) is 17.3 Å². The second-order valence-electron chi connectivity index (χ2n) is 5.66. The monoisotopic (exact) mass is 382 g/mol. The Hall–Kier alpha value is -2.40. The number of benzene rings is 2. The third-order valence-corrected chi connectivity index (χ3v) is 4.04. The van der Waals surface area contributed by atoms with E-state index in [0.717, 1.165) is 34.2 Å². The molecule has 0 fully saturated rings. The fourth-order valence-corrected chi connectivity index (χ4v) is 2.68. The Bertz CT molecular complexity index is 831. The van der Waals surface area contributed by atoms with Crippen molar-refractivity contribution in [1.82, 2.24) is 9.97 Å². The molecule has 0 saturated heterocycles. The van der Waals surface area contributed by atoms with Crippen LogP contribution in [0, 0.1) is 13.8 Å². The Kier molecular flexibility index (Phi) is 5.11. The van der Waals surface area contributed by atoms with Gasteiger partial charge in [0.2, 0.25) is 0 Å². The van der Waals surface area contributed by atoms with Crippen LogP contribution < -0.4 is 10.6 Å². The van der Waals surface area contributed by atoms with Crippen LogP contribution in [0.1, 0.15) is 17.0 Å². The summed E-state index contributed by atoms with van der Waals surface area (Å²) in [5, 5.41) is 6.67. The van der Waals surface area contributed by atoms with Crippen LogP contribution >= 0.6 is 15.9 Å². The molecule has 2 N–H and O–H groups in total. The lowest BCUT2D eigenvalue weighted by atomic mass is 10.1. The van der Waals surface area contributed by atoms with Crippen LogP contribution in [-0.4, -0.2) is 9.97 Å². The van der Waals surface area contributed by atoms with Gasteiger partial charge in [-0.2, -0.15) is 0 Å². The van der Waals surface area contributed by atoms with Crippen LogP contribution in [0.2, 0.25) is 0 Å². The summed E-state index contributed by atoms with van der Waals surface area (Å²) in [5.41, 5.74) is 3.47. The van der Waals surface area contributed by atoms with Crippen LogP contribution in [0.15, 0.2) is 59.1 Å². The Morgan fingerprint density at radius 1 is 0.917 bits per heavy atom. The minimum atomic E-state index is 0.726. The Labute approximate surface area is 150 Å². The average Bonchev–Trinajstić information content (AvgIpc) is 2.55. The molecule has 0 saturated carbocycles. The molecule has 3 rings (SSSR count). The van der Waals surface area contributed by atoms with Crippen molar-refractivity contribution in [2.75, 3.05) is 10.6 Å². The normalized spacial score (nSPS) is 10.5. The summed E-state index contributed by atoms with van der Waals surface area (Å²) < 4.78 is 1.05. The summed E-state index contributed by atoms with van der Waals surface area (Å²) in [4.78, 5) is 8.90. The standard InChI is InChI=1S/C19H19BrN4/c1-13-4-3-5-15(10-13)12-21-18-11-19(23-14(2)22-18)24-17-8-6-16(20)7-9-17/h3-11H,12H2,1-2H3,(H2,21,22,23,24). The highest BCUT2D eigenvalue weighted by atomic mass is 79.9. The number of aryl methyl sites for hydroxylation is 2. The van der Waals surface area contributed by atoms with Gasteiger partial charge >= 0.3 is 0 Å². The highest BCUT2D eigenvalue weighted by Gasteiger charge is 2.03. The first kappa shape index (κ1) is 16.5. The SMILES string of the molecule is Cc1cccc(CNc2cc(Nc3ccc(Br)cc3)nc(C)n2)c1. The lowest BCUT2D eigenvalue weighted by molar-refractivity contribution is 1.02. The van der Waals surface area contributed by atoms with E-state index in [-0.39, 0.29) is 0 Å². The second kappa shape index (κ2) is 7.45. The Balaban J connectivity index is 1.72. The van der Waals surface area contributed by atoms with Crippen molar-refractivity contribution >= 4 is 33.3 Å². The van der Waals surface area contributed by atoms with Gasteiger partial charge in [-0.15, -0.1) is 0 Å². The fraction of sp³-hybridized carbons (Fsp3) is 0.158. The average molecular weight is 383 g/mol. The summed E-state index contributed by atoms with van der Waals surface area (Å²) in [6.07, 6.45) is 0. The number of nitrogens with zero attached hydrogens (tertiary/aromatic N) is 2. The van der Waals surface area contributed by atoms with E-state index >= 15 is 0 Å². The molecule has 0 bridgehead atoms. The molecule has 0 aliphatic rings. The van der Waals surface area contributed by atoms with Gasteiger partial charge in [-0.05, 0) is 43.7 Å². The lowest BCUT2D eigenvalue weighted by Gasteiger charge is -2.11. The first-order chi connectivity index (χ1) is 11.6. The van der Waals surface area contributed by atoms with Crippen molar-refractivity contribution in [2.24, 2.45) is 0 Å². The van der Waals surface area contributed by atoms with Gasteiger partial charge in [-0.3, -0.25) is 0 Å². The van der Waals surface area contributed by atoms with E-state index in [0.29, 0.717) is 0 Å². The van der Waals surface area contributed by atoms with Crippen molar-refractivity contribution in [1.29, 1.82) is 0 Å². The number of hydrogen-bond donors (Lipinski definition) is 2. The zero-order valence-corrected chi connectivity index (χ0v) is 15.3. The van der Waals surface area contributed by atoms with Crippen LogP contribution in [0.3, 0.4) is 0 Å². The third-order valence-electron chi connectivity index (χ3n) is 3.51. The molecule has 5 heteroatoms. The minimum absolute atomic E-state index is 0.726. The molecule has 0 aliphatic carbocycles. The van der Waals surface area contributed by atoms with E-state index in [9.17, 15) is 0 Å². The van der Waals surface area contributed by atoms with E-state index in [1.54, 1.807) is 0 Å². The second-order valence-corrected chi connectivity index (χ2v) is 6.58. The molecule has 0 unspecified atom stereocenters. The van der Waals surface area contributed by atoms with Crippen LogP contribution in [0.5, 0.6) is 0 Å². The van der Waals surface area contributed by atoms with E-state index in [1.807, 2.05) is 37.3 Å². The molecule has 0 aliphatic heterocycles. The van der Waals surface area contributed by atoms with Crippen LogP contribution in [0.25, 0.3) is 0 Å². The number of rotatable bonds is 5. The molecule has 24 heavy (non-hydrogen) atoms. The van der Waals surface area contributed by atoms with Gasteiger partial charge in [-0.25, -0.2) is 9.97 Å². The summed E-state index contributed by atoms with van der Waals surface area (Å²) in [6.45, 7) is 4.72. The molecule has 0 amide bonds. The fourth-order valence-electron chi connectivity index (χ4n) is 2.42. The van der Waals surface area contributed by atoms with E-state index < -0.39 is 0 Å². The number of nitrogens with one attached hydrogen (secondary N) is 2. The first-order valence-corrected chi connectivity index (χ1v) is 8.55. The van der Waals surface area contributed by atoms with Gasteiger partial charge in [-0.1, -0.05) is 45.8 Å². The van der Waals surface area contributed by atoms with Gasteiger partial charge in [0.25, 0.3) is 0 Å². The van der Waals surface area contributed by atoms with E-state index in [4.69, 9.17) is 0 Å². The lowest BCUT2D eigenvalue weighted by Crippen LogP contribution is -2.05. The summed E-state index contributed by atoms with van der Waals surface area (Å²) in [6, 6.07) is 18.3. The maximum atomic E-state index is 4.46. The minimum Gasteiger partial charge on any atom is -0.366 e. The van der Waals surface area contributed by atoms with Gasteiger partial charge in [0.1, 0.15) is 17.5 Å². The zero-order valence-electron chi connectivity index (χ0n) is 13.7. The number of halogens is 1. The van der Waals surface area contributed by atoms with Crippen molar-refractivity contribution in [3.05, 3.63) is 76.0 Å². The smallest absolute Gasteiger partial charge is 0.136 e. The Morgan fingerprint density at radius 3 is 2.42 bits per heavy atom. The highest BCUT2D eigenvalue weighted by molar-refractivity contribution is 9.10. The van der Waals surface area contributed by atoms with E-state index in [2.05, 4.69) is 67.7 Å². The number of hydrogen-bond acceptors (Lipinski definition) is 4. The molecule has 0 atom stereocenters. The van der Waals surface area contributed by atoms with Gasteiger partial charge in [0, 0.05) is 22.8 Å². The third kappa shape index (κ3) is 4.55. The molecule has 0 spiro atoms. The predicted octanol–water partition coefficient (Wildman–Crippen LogP) is 5.21. The van der Waals surface area contributed by atoms with Gasteiger partial charge in [0.15, 0.2) is 0 Å². The molecule has 2 aromatic carbocycles. The van der Waals surface area contributed by atoms with Gasteiger partial charge in [0.05, 0.1) is 0 Å². The summed E-state index contributed by atoms with van der Waals surface area (Å²) in [7, 11) is 0. The zero-order chi connectivity index (χ0) is 16.9. The van der Waals surface area contributed by atoms with Crippen molar-refractivity contribution < 1.29 is 0 Å². The van der Waals surface area contributed by atoms with Gasteiger partial charge < -0.3 is 10.6 Å². The maximum Gasteiger partial charge on any atom is 0.136 e. The molecular weight excluding hydrogens is 364 g/mol.